The highest BCUT2D eigenvalue weighted by atomic mass is 32.2. The normalized spacial score (nSPS) is 21.1. The Bertz CT molecular complexity index is 548. The second-order valence-corrected chi connectivity index (χ2v) is 7.86. The lowest BCUT2D eigenvalue weighted by molar-refractivity contribution is -0.156. The van der Waals surface area contributed by atoms with Gasteiger partial charge >= 0.3 is 5.97 Å². The molecular weight excluding hydrogens is 306 g/mol. The molecule has 0 aliphatic carbocycles. The summed E-state index contributed by atoms with van der Waals surface area (Å²) in [6.07, 6.45) is 6.11. The number of ether oxygens (including phenoxy) is 1. The first-order valence-corrected chi connectivity index (χ1v) is 9.50. The van der Waals surface area contributed by atoms with Crippen LogP contribution in [-0.4, -0.2) is 28.9 Å². The number of aliphatic imine (C=N–C) groups is 1. The Kier molecular flexibility index (Phi) is 6.28. The first kappa shape index (κ1) is 18.1. The van der Waals surface area contributed by atoms with Gasteiger partial charge in [-0.3, -0.25) is 4.99 Å². The van der Waals surface area contributed by atoms with Gasteiger partial charge in [0.25, 0.3) is 0 Å². The van der Waals surface area contributed by atoms with E-state index in [2.05, 4.69) is 29.3 Å². The van der Waals surface area contributed by atoms with Gasteiger partial charge < -0.3 is 4.74 Å². The second-order valence-electron chi connectivity index (χ2n) is 7.03. The van der Waals surface area contributed by atoms with Crippen LogP contribution in [0.4, 0.5) is 0 Å². The summed E-state index contributed by atoms with van der Waals surface area (Å²) in [7, 11) is 0. The minimum Gasteiger partial charge on any atom is -0.458 e. The SMILES string of the molecule is CSC1=N[C@H](C(=O)OC(C)(C)C)CC1CCCc1ccccc1. The van der Waals surface area contributed by atoms with Crippen LogP contribution in [-0.2, 0) is 16.0 Å². The molecule has 0 saturated heterocycles. The van der Waals surface area contributed by atoms with Crippen LogP contribution in [0.2, 0.25) is 0 Å². The first-order chi connectivity index (χ1) is 10.9. The van der Waals surface area contributed by atoms with Gasteiger partial charge in [-0.15, -0.1) is 11.8 Å². The largest absolute Gasteiger partial charge is 0.458 e. The molecule has 3 nitrogen and oxygen atoms in total. The Hall–Kier alpha value is -1.29. The van der Waals surface area contributed by atoms with Gasteiger partial charge in [-0.2, -0.15) is 0 Å². The van der Waals surface area contributed by atoms with Crippen molar-refractivity contribution in [2.75, 3.05) is 6.26 Å². The van der Waals surface area contributed by atoms with Crippen molar-refractivity contribution in [2.45, 2.75) is 58.1 Å². The number of carbonyl (C=O) groups is 1. The van der Waals surface area contributed by atoms with Crippen molar-refractivity contribution in [2.24, 2.45) is 10.9 Å². The molecule has 23 heavy (non-hydrogen) atoms. The molecule has 0 N–H and O–H groups in total. The summed E-state index contributed by atoms with van der Waals surface area (Å²) in [5, 5.41) is 1.11. The van der Waals surface area contributed by atoms with Gasteiger partial charge in [-0.25, -0.2) is 4.79 Å². The molecule has 0 bridgehead atoms. The van der Waals surface area contributed by atoms with Gasteiger partial charge in [0.2, 0.25) is 0 Å². The number of aryl methyl sites for hydroxylation is 1. The average molecular weight is 333 g/mol. The third kappa shape index (κ3) is 5.69. The van der Waals surface area contributed by atoms with Crippen LogP contribution in [0.15, 0.2) is 35.3 Å². The van der Waals surface area contributed by atoms with E-state index in [4.69, 9.17) is 4.74 Å². The van der Waals surface area contributed by atoms with Crippen molar-refractivity contribution >= 4 is 22.8 Å². The third-order valence-electron chi connectivity index (χ3n) is 3.89. The topological polar surface area (TPSA) is 38.7 Å². The molecule has 1 aliphatic heterocycles. The fourth-order valence-corrected chi connectivity index (χ4v) is 3.64. The molecule has 0 fully saturated rings. The van der Waals surface area contributed by atoms with Crippen LogP contribution < -0.4 is 0 Å². The Labute approximate surface area is 143 Å². The fourth-order valence-electron chi connectivity index (χ4n) is 2.86. The van der Waals surface area contributed by atoms with E-state index in [0.29, 0.717) is 5.92 Å². The predicted molar refractivity (Wildman–Crippen MR) is 98.1 cm³/mol. The highest BCUT2D eigenvalue weighted by Crippen LogP contribution is 2.31. The van der Waals surface area contributed by atoms with Crippen molar-refractivity contribution in [3.63, 3.8) is 0 Å². The van der Waals surface area contributed by atoms with Gasteiger partial charge in [0, 0.05) is 5.92 Å². The molecule has 0 saturated carbocycles. The zero-order valence-electron chi connectivity index (χ0n) is 14.5. The molecule has 1 aromatic carbocycles. The van der Waals surface area contributed by atoms with Crippen LogP contribution >= 0.6 is 11.8 Å². The zero-order valence-corrected chi connectivity index (χ0v) is 15.4. The van der Waals surface area contributed by atoms with Crippen LogP contribution in [0.1, 0.15) is 45.6 Å². The van der Waals surface area contributed by atoms with Crippen molar-refractivity contribution in [1.29, 1.82) is 0 Å². The minimum absolute atomic E-state index is 0.186. The molecule has 0 spiro atoms. The lowest BCUT2D eigenvalue weighted by Gasteiger charge is -2.21. The summed E-state index contributed by atoms with van der Waals surface area (Å²) in [6.45, 7) is 5.70. The number of thioether (sulfide) groups is 1. The fraction of sp³-hybridized carbons (Fsp3) is 0.579. The number of esters is 1. The van der Waals surface area contributed by atoms with Gasteiger partial charge in [0.05, 0.1) is 5.04 Å². The smallest absolute Gasteiger partial charge is 0.331 e. The lowest BCUT2D eigenvalue weighted by atomic mass is 9.96. The molecule has 2 rings (SSSR count). The molecule has 0 amide bonds. The van der Waals surface area contributed by atoms with Crippen molar-refractivity contribution in [3.8, 4) is 0 Å². The van der Waals surface area contributed by atoms with Gasteiger partial charge in [0.1, 0.15) is 11.6 Å². The molecule has 0 radical (unpaired) electrons. The standard InChI is InChI=1S/C19H27NO2S/c1-19(2,3)22-18(21)16-13-15(17(20-16)23-4)12-8-11-14-9-6-5-7-10-14/h5-7,9-10,15-16H,8,11-13H2,1-4H3/t15?,16-/m0/s1. The van der Waals surface area contributed by atoms with Crippen LogP contribution in [0.3, 0.4) is 0 Å². The zero-order chi connectivity index (χ0) is 16.9. The number of benzene rings is 1. The highest BCUT2D eigenvalue weighted by molar-refractivity contribution is 8.13. The van der Waals surface area contributed by atoms with E-state index < -0.39 is 5.60 Å². The Morgan fingerprint density at radius 1 is 1.30 bits per heavy atom. The summed E-state index contributed by atoms with van der Waals surface area (Å²) < 4.78 is 5.48. The third-order valence-corrected chi connectivity index (χ3v) is 4.75. The maximum absolute atomic E-state index is 12.2. The second kappa shape index (κ2) is 8.00. The molecule has 0 aromatic heterocycles. The molecule has 1 aliphatic rings. The number of rotatable bonds is 5. The summed E-state index contributed by atoms with van der Waals surface area (Å²) in [5.74, 6) is 0.209. The monoisotopic (exact) mass is 333 g/mol. The quantitative estimate of drug-likeness (QED) is 0.745. The van der Waals surface area contributed by atoms with Crippen LogP contribution in [0.25, 0.3) is 0 Å². The van der Waals surface area contributed by atoms with E-state index in [1.54, 1.807) is 11.8 Å². The Morgan fingerprint density at radius 3 is 2.61 bits per heavy atom. The average Bonchev–Trinajstić information content (AvgIpc) is 2.90. The van der Waals surface area contributed by atoms with Gasteiger partial charge in [-0.1, -0.05) is 30.3 Å². The van der Waals surface area contributed by atoms with Crippen LogP contribution in [0.5, 0.6) is 0 Å². The summed E-state index contributed by atoms with van der Waals surface area (Å²) in [6, 6.07) is 10.2. The predicted octanol–water partition coefficient (Wildman–Crippen LogP) is 4.50. The Morgan fingerprint density at radius 2 is 2.00 bits per heavy atom. The number of hydrogen-bond acceptors (Lipinski definition) is 4. The number of carbonyl (C=O) groups excluding carboxylic acids is 1. The van der Waals surface area contributed by atoms with Gasteiger partial charge in [0.15, 0.2) is 0 Å². The molecule has 1 unspecified atom stereocenters. The van der Waals surface area contributed by atoms with E-state index in [9.17, 15) is 4.79 Å². The minimum atomic E-state index is -0.447. The van der Waals surface area contributed by atoms with Crippen molar-refractivity contribution in [1.82, 2.24) is 0 Å². The Balaban J connectivity index is 1.86. The highest BCUT2D eigenvalue weighted by Gasteiger charge is 2.34. The first-order valence-electron chi connectivity index (χ1n) is 8.27. The van der Waals surface area contributed by atoms with E-state index in [0.717, 1.165) is 30.7 Å². The molecule has 2 atom stereocenters. The number of hydrogen-bond donors (Lipinski definition) is 0. The van der Waals surface area contributed by atoms with Crippen molar-refractivity contribution < 1.29 is 9.53 Å². The maximum atomic E-state index is 12.2. The van der Waals surface area contributed by atoms with Crippen molar-refractivity contribution in [3.05, 3.63) is 35.9 Å². The molecular formula is C19H27NO2S. The van der Waals surface area contributed by atoms with E-state index in [1.165, 1.54) is 5.56 Å². The maximum Gasteiger partial charge on any atom is 0.331 e. The summed E-state index contributed by atoms with van der Waals surface area (Å²) in [5.41, 5.74) is 0.925. The molecule has 1 heterocycles. The van der Waals surface area contributed by atoms with E-state index >= 15 is 0 Å². The van der Waals surface area contributed by atoms with E-state index in [-0.39, 0.29) is 12.0 Å². The van der Waals surface area contributed by atoms with E-state index in [1.807, 2.05) is 33.1 Å². The summed E-state index contributed by atoms with van der Waals surface area (Å²) >= 11 is 1.67. The lowest BCUT2D eigenvalue weighted by Crippen LogP contribution is -2.30. The van der Waals surface area contributed by atoms with Crippen LogP contribution in [0, 0.1) is 5.92 Å². The molecule has 4 heteroatoms. The summed E-state index contributed by atoms with van der Waals surface area (Å²) in [4.78, 5) is 16.8. The molecule has 126 valence electrons. The number of nitrogens with zero attached hydrogens (tertiary/aromatic N) is 1. The molecule has 1 aromatic rings. The van der Waals surface area contributed by atoms with Gasteiger partial charge in [-0.05, 0) is 58.3 Å².